The number of rotatable bonds is 6. The Hall–Kier alpha value is -0.120. The lowest BCUT2D eigenvalue weighted by Gasteiger charge is -2.31. The van der Waals surface area contributed by atoms with Gasteiger partial charge in [0.1, 0.15) is 0 Å². The Morgan fingerprint density at radius 3 is 2.62 bits per heavy atom. The van der Waals surface area contributed by atoms with E-state index in [9.17, 15) is 5.11 Å². The molecule has 1 heterocycles. The highest BCUT2D eigenvalue weighted by atomic mass is 16.5. The van der Waals surface area contributed by atoms with Crippen LogP contribution in [0.3, 0.4) is 0 Å². The van der Waals surface area contributed by atoms with Crippen LogP contribution in [-0.4, -0.2) is 36.5 Å². The van der Waals surface area contributed by atoms with E-state index in [-0.39, 0.29) is 0 Å². The van der Waals surface area contributed by atoms with Gasteiger partial charge in [-0.25, -0.2) is 0 Å². The lowest BCUT2D eigenvalue weighted by atomic mass is 9.92. The fourth-order valence-electron chi connectivity index (χ4n) is 2.39. The molecule has 1 fully saturated rings. The van der Waals surface area contributed by atoms with Crippen molar-refractivity contribution in [2.45, 2.75) is 58.1 Å². The molecule has 1 rings (SSSR count). The van der Waals surface area contributed by atoms with Crippen molar-refractivity contribution in [3.63, 3.8) is 0 Å². The molecule has 3 heteroatoms. The summed E-state index contributed by atoms with van der Waals surface area (Å²) in [5, 5.41) is 13.5. The molecule has 2 unspecified atom stereocenters. The van der Waals surface area contributed by atoms with E-state index in [1.807, 2.05) is 6.92 Å². The van der Waals surface area contributed by atoms with Crippen molar-refractivity contribution in [3.8, 4) is 0 Å². The van der Waals surface area contributed by atoms with E-state index >= 15 is 0 Å². The second kappa shape index (κ2) is 6.58. The van der Waals surface area contributed by atoms with Gasteiger partial charge in [-0.05, 0) is 39.0 Å². The number of hydrogen-bond acceptors (Lipinski definition) is 3. The van der Waals surface area contributed by atoms with Crippen LogP contribution < -0.4 is 5.32 Å². The SMILES string of the molecule is CCCC(C)(O)CNC(C)C1CCOCC1. The average molecular weight is 229 g/mol. The molecule has 1 saturated heterocycles. The Balaban J connectivity index is 2.25. The Bertz CT molecular complexity index is 188. The Morgan fingerprint density at radius 1 is 1.44 bits per heavy atom. The van der Waals surface area contributed by atoms with Crippen LogP contribution >= 0.6 is 0 Å². The van der Waals surface area contributed by atoms with Gasteiger partial charge in [0.25, 0.3) is 0 Å². The predicted octanol–water partition coefficient (Wildman–Crippen LogP) is 1.94. The van der Waals surface area contributed by atoms with Gasteiger partial charge in [-0.15, -0.1) is 0 Å². The van der Waals surface area contributed by atoms with Crippen molar-refractivity contribution in [3.05, 3.63) is 0 Å². The maximum atomic E-state index is 10.1. The first-order valence-corrected chi connectivity index (χ1v) is 6.58. The van der Waals surface area contributed by atoms with Gasteiger partial charge in [0, 0.05) is 25.8 Å². The van der Waals surface area contributed by atoms with E-state index in [2.05, 4.69) is 19.2 Å². The molecule has 1 aliphatic rings. The summed E-state index contributed by atoms with van der Waals surface area (Å²) >= 11 is 0. The summed E-state index contributed by atoms with van der Waals surface area (Å²) in [7, 11) is 0. The van der Waals surface area contributed by atoms with Crippen LogP contribution in [-0.2, 0) is 4.74 Å². The van der Waals surface area contributed by atoms with Crippen molar-refractivity contribution in [1.82, 2.24) is 5.32 Å². The minimum Gasteiger partial charge on any atom is -0.389 e. The van der Waals surface area contributed by atoms with Crippen LogP contribution in [0.1, 0.15) is 46.5 Å². The van der Waals surface area contributed by atoms with Crippen LogP contribution in [0.5, 0.6) is 0 Å². The van der Waals surface area contributed by atoms with Gasteiger partial charge < -0.3 is 15.2 Å². The molecule has 3 nitrogen and oxygen atoms in total. The molecule has 0 amide bonds. The second-order valence-corrected chi connectivity index (χ2v) is 5.37. The molecular weight excluding hydrogens is 202 g/mol. The Kier molecular flexibility index (Phi) is 5.73. The molecule has 0 aromatic rings. The Labute approximate surface area is 99.6 Å². The molecule has 0 bridgehead atoms. The van der Waals surface area contributed by atoms with Crippen molar-refractivity contribution in [1.29, 1.82) is 0 Å². The summed E-state index contributed by atoms with van der Waals surface area (Å²) < 4.78 is 5.36. The first-order valence-electron chi connectivity index (χ1n) is 6.58. The number of ether oxygens (including phenoxy) is 1. The van der Waals surface area contributed by atoms with Crippen LogP contribution in [0.15, 0.2) is 0 Å². The summed E-state index contributed by atoms with van der Waals surface area (Å²) in [4.78, 5) is 0. The Morgan fingerprint density at radius 2 is 2.06 bits per heavy atom. The number of hydrogen-bond donors (Lipinski definition) is 2. The fourth-order valence-corrected chi connectivity index (χ4v) is 2.39. The van der Waals surface area contributed by atoms with E-state index in [1.54, 1.807) is 0 Å². The number of aliphatic hydroxyl groups is 1. The molecule has 0 spiro atoms. The van der Waals surface area contributed by atoms with Crippen molar-refractivity contribution in [2.24, 2.45) is 5.92 Å². The van der Waals surface area contributed by atoms with Crippen molar-refractivity contribution < 1.29 is 9.84 Å². The van der Waals surface area contributed by atoms with Crippen molar-refractivity contribution in [2.75, 3.05) is 19.8 Å². The molecule has 0 aliphatic carbocycles. The van der Waals surface area contributed by atoms with E-state index in [4.69, 9.17) is 4.74 Å². The highest BCUT2D eigenvalue weighted by Crippen LogP contribution is 2.19. The molecule has 0 saturated carbocycles. The first kappa shape index (κ1) is 13.9. The third-order valence-corrected chi connectivity index (χ3v) is 3.57. The third-order valence-electron chi connectivity index (χ3n) is 3.57. The zero-order valence-electron chi connectivity index (χ0n) is 11.0. The molecule has 16 heavy (non-hydrogen) atoms. The summed E-state index contributed by atoms with van der Waals surface area (Å²) in [5.41, 5.74) is -0.561. The van der Waals surface area contributed by atoms with Crippen LogP contribution in [0.2, 0.25) is 0 Å². The molecule has 0 aromatic carbocycles. The molecular formula is C13H27NO2. The minimum atomic E-state index is -0.561. The van der Waals surface area contributed by atoms with Gasteiger partial charge in [-0.1, -0.05) is 13.3 Å². The molecule has 0 radical (unpaired) electrons. The van der Waals surface area contributed by atoms with E-state index in [0.717, 1.165) is 38.9 Å². The van der Waals surface area contributed by atoms with E-state index in [1.165, 1.54) is 0 Å². The average Bonchev–Trinajstić information content (AvgIpc) is 2.27. The maximum absolute atomic E-state index is 10.1. The lowest BCUT2D eigenvalue weighted by Crippen LogP contribution is -2.45. The molecule has 0 aromatic heterocycles. The van der Waals surface area contributed by atoms with Gasteiger partial charge in [0.15, 0.2) is 0 Å². The fraction of sp³-hybridized carbons (Fsp3) is 1.00. The molecule has 1 aliphatic heterocycles. The predicted molar refractivity (Wildman–Crippen MR) is 66.5 cm³/mol. The van der Waals surface area contributed by atoms with E-state index < -0.39 is 5.60 Å². The minimum absolute atomic E-state index is 0.479. The topological polar surface area (TPSA) is 41.5 Å². The quantitative estimate of drug-likeness (QED) is 0.731. The van der Waals surface area contributed by atoms with Gasteiger partial charge >= 0.3 is 0 Å². The highest BCUT2D eigenvalue weighted by molar-refractivity contribution is 4.80. The lowest BCUT2D eigenvalue weighted by molar-refractivity contribution is 0.0327. The molecule has 2 N–H and O–H groups in total. The monoisotopic (exact) mass is 229 g/mol. The molecule has 2 atom stereocenters. The summed E-state index contributed by atoms with van der Waals surface area (Å²) in [6.45, 7) is 8.72. The van der Waals surface area contributed by atoms with Crippen molar-refractivity contribution >= 4 is 0 Å². The summed E-state index contributed by atoms with van der Waals surface area (Å²) in [5.74, 6) is 0.700. The largest absolute Gasteiger partial charge is 0.389 e. The highest BCUT2D eigenvalue weighted by Gasteiger charge is 2.24. The van der Waals surface area contributed by atoms with Gasteiger partial charge in [-0.2, -0.15) is 0 Å². The van der Waals surface area contributed by atoms with Gasteiger partial charge in [0.2, 0.25) is 0 Å². The standard InChI is InChI=1S/C13H27NO2/c1-4-7-13(3,15)10-14-11(2)12-5-8-16-9-6-12/h11-12,14-15H,4-10H2,1-3H3. The molecule has 96 valence electrons. The maximum Gasteiger partial charge on any atom is 0.0743 e. The van der Waals surface area contributed by atoms with Crippen LogP contribution in [0.4, 0.5) is 0 Å². The van der Waals surface area contributed by atoms with Crippen LogP contribution in [0, 0.1) is 5.92 Å². The first-order chi connectivity index (χ1) is 7.55. The second-order valence-electron chi connectivity index (χ2n) is 5.37. The van der Waals surface area contributed by atoms with Crippen LogP contribution in [0.25, 0.3) is 0 Å². The van der Waals surface area contributed by atoms with Gasteiger partial charge in [0.05, 0.1) is 5.60 Å². The third kappa shape index (κ3) is 4.81. The zero-order valence-corrected chi connectivity index (χ0v) is 11.0. The smallest absolute Gasteiger partial charge is 0.0743 e. The van der Waals surface area contributed by atoms with E-state index in [0.29, 0.717) is 18.5 Å². The zero-order chi connectivity index (χ0) is 12.0. The summed E-state index contributed by atoms with van der Waals surface area (Å²) in [6.07, 6.45) is 4.18. The normalized spacial score (nSPS) is 24.0. The van der Waals surface area contributed by atoms with Gasteiger partial charge in [-0.3, -0.25) is 0 Å². The summed E-state index contributed by atoms with van der Waals surface area (Å²) in [6, 6.07) is 0.479. The number of nitrogens with one attached hydrogen (secondary N) is 1.